The van der Waals surface area contributed by atoms with Crippen molar-refractivity contribution in [1.29, 1.82) is 0 Å². The van der Waals surface area contributed by atoms with Crippen molar-refractivity contribution < 1.29 is 9.18 Å². The number of benzene rings is 1. The molecule has 0 aliphatic carbocycles. The maximum atomic E-state index is 13.7. The topological polar surface area (TPSA) is 20.3 Å². The molecule has 18 heavy (non-hydrogen) atoms. The summed E-state index contributed by atoms with van der Waals surface area (Å²) < 4.78 is 13.7. The molecule has 0 aliphatic heterocycles. The van der Waals surface area contributed by atoms with Crippen molar-refractivity contribution in [2.45, 2.75) is 31.6 Å². The number of alkyl halides is 1. The fourth-order valence-electron chi connectivity index (χ4n) is 1.69. The number of rotatable bonds is 4. The highest BCUT2D eigenvalue weighted by molar-refractivity contribution is 9.10. The number of carbonyl (C=O) groups excluding carboxylic acids is 1. The van der Waals surface area contributed by atoms with Crippen LogP contribution in [0.5, 0.6) is 0 Å². The summed E-state index contributed by atoms with van der Waals surface area (Å²) in [6, 6.07) is 6.27. The second kappa shape index (κ2) is 6.32. The van der Waals surface area contributed by atoms with Crippen molar-refractivity contribution >= 4 is 21.8 Å². The van der Waals surface area contributed by atoms with E-state index in [0.717, 1.165) is 0 Å². The Morgan fingerprint density at radius 1 is 1.28 bits per heavy atom. The summed E-state index contributed by atoms with van der Waals surface area (Å²) in [5.74, 6) is -0.103. The van der Waals surface area contributed by atoms with Crippen molar-refractivity contribution in [3.63, 3.8) is 0 Å². The van der Waals surface area contributed by atoms with Crippen LogP contribution in [0.1, 0.15) is 32.4 Å². The van der Waals surface area contributed by atoms with Crippen molar-refractivity contribution in [1.82, 2.24) is 4.90 Å². The SMILES string of the molecule is CC(C)C(Br)C(=O)N(C)C(C)c1ccccc1F. The van der Waals surface area contributed by atoms with Gasteiger partial charge in [-0.1, -0.05) is 48.0 Å². The van der Waals surface area contributed by atoms with E-state index in [9.17, 15) is 9.18 Å². The van der Waals surface area contributed by atoms with Gasteiger partial charge in [-0.3, -0.25) is 4.79 Å². The van der Waals surface area contributed by atoms with Gasteiger partial charge in [-0.2, -0.15) is 0 Å². The first kappa shape index (κ1) is 15.2. The first-order valence-corrected chi connectivity index (χ1v) is 6.93. The van der Waals surface area contributed by atoms with Gasteiger partial charge in [-0.15, -0.1) is 0 Å². The van der Waals surface area contributed by atoms with E-state index < -0.39 is 0 Å². The molecule has 0 fully saturated rings. The molecule has 1 amide bonds. The quantitative estimate of drug-likeness (QED) is 0.775. The summed E-state index contributed by atoms with van der Waals surface area (Å²) in [6.07, 6.45) is 0. The molecule has 1 rings (SSSR count). The van der Waals surface area contributed by atoms with E-state index in [1.165, 1.54) is 6.07 Å². The summed E-state index contributed by atoms with van der Waals surface area (Å²) in [6.45, 7) is 5.77. The Labute approximate surface area is 116 Å². The fourth-order valence-corrected chi connectivity index (χ4v) is 2.02. The molecule has 0 N–H and O–H groups in total. The molecule has 0 aromatic heterocycles. The molecule has 1 aromatic carbocycles. The van der Waals surface area contributed by atoms with E-state index >= 15 is 0 Å². The predicted octanol–water partition coefficient (Wildman–Crippen LogP) is 3.76. The number of halogens is 2. The van der Waals surface area contributed by atoms with Crippen molar-refractivity contribution in [2.75, 3.05) is 7.05 Å². The predicted molar refractivity (Wildman–Crippen MR) is 75.1 cm³/mol. The van der Waals surface area contributed by atoms with Crippen molar-refractivity contribution in [3.05, 3.63) is 35.6 Å². The third kappa shape index (κ3) is 3.31. The lowest BCUT2D eigenvalue weighted by Gasteiger charge is -2.28. The van der Waals surface area contributed by atoms with Gasteiger partial charge in [-0.25, -0.2) is 4.39 Å². The number of amides is 1. The maximum absolute atomic E-state index is 13.7. The van der Waals surface area contributed by atoms with Crippen LogP contribution in [0.2, 0.25) is 0 Å². The third-order valence-electron chi connectivity index (χ3n) is 3.11. The number of carbonyl (C=O) groups is 1. The van der Waals surface area contributed by atoms with Gasteiger partial charge in [-0.05, 0) is 18.9 Å². The summed E-state index contributed by atoms with van der Waals surface area (Å²) in [7, 11) is 1.70. The third-order valence-corrected chi connectivity index (χ3v) is 4.55. The average Bonchev–Trinajstić information content (AvgIpc) is 2.35. The van der Waals surface area contributed by atoms with Crippen LogP contribution in [0.25, 0.3) is 0 Å². The molecule has 1 aromatic rings. The van der Waals surface area contributed by atoms with Crippen LogP contribution in [0.4, 0.5) is 4.39 Å². The van der Waals surface area contributed by atoms with E-state index in [1.54, 1.807) is 30.1 Å². The molecule has 0 bridgehead atoms. The van der Waals surface area contributed by atoms with E-state index in [1.807, 2.05) is 20.8 Å². The first-order chi connectivity index (χ1) is 8.36. The second-order valence-corrected chi connectivity index (χ2v) is 5.78. The lowest BCUT2D eigenvalue weighted by molar-refractivity contribution is -0.131. The van der Waals surface area contributed by atoms with Crippen molar-refractivity contribution in [3.8, 4) is 0 Å². The van der Waals surface area contributed by atoms with Crippen LogP contribution in [0.3, 0.4) is 0 Å². The normalized spacial score (nSPS) is 14.4. The Kier molecular flexibility index (Phi) is 5.32. The van der Waals surface area contributed by atoms with Gasteiger partial charge in [0.25, 0.3) is 0 Å². The Hall–Kier alpha value is -0.900. The van der Waals surface area contributed by atoms with Gasteiger partial charge in [0.2, 0.25) is 5.91 Å². The van der Waals surface area contributed by atoms with E-state index in [2.05, 4.69) is 15.9 Å². The highest BCUT2D eigenvalue weighted by Gasteiger charge is 2.26. The molecular weight excluding hydrogens is 297 g/mol. The number of nitrogens with zero attached hydrogens (tertiary/aromatic N) is 1. The van der Waals surface area contributed by atoms with Crippen LogP contribution in [-0.2, 0) is 4.79 Å². The molecule has 2 atom stereocenters. The standard InChI is InChI=1S/C14H19BrFNO/c1-9(2)13(15)14(18)17(4)10(3)11-7-5-6-8-12(11)16/h5-10,13H,1-4H3. The van der Waals surface area contributed by atoms with Crippen LogP contribution < -0.4 is 0 Å². The Bertz CT molecular complexity index is 422. The highest BCUT2D eigenvalue weighted by Crippen LogP contribution is 2.24. The van der Waals surface area contributed by atoms with Gasteiger partial charge < -0.3 is 4.90 Å². The van der Waals surface area contributed by atoms with E-state index in [4.69, 9.17) is 0 Å². The minimum Gasteiger partial charge on any atom is -0.338 e. The van der Waals surface area contributed by atoms with Gasteiger partial charge in [0.15, 0.2) is 0 Å². The molecule has 0 saturated carbocycles. The van der Waals surface area contributed by atoms with Crippen molar-refractivity contribution in [2.24, 2.45) is 5.92 Å². The minimum atomic E-state index is -0.280. The zero-order chi connectivity index (χ0) is 13.9. The van der Waals surface area contributed by atoms with E-state index in [0.29, 0.717) is 5.56 Å². The second-order valence-electron chi connectivity index (χ2n) is 4.79. The van der Waals surface area contributed by atoms with Gasteiger partial charge in [0.1, 0.15) is 5.82 Å². The van der Waals surface area contributed by atoms with Gasteiger partial charge >= 0.3 is 0 Å². The summed E-state index contributed by atoms with van der Waals surface area (Å²) in [4.78, 5) is 13.5. The minimum absolute atomic E-state index is 0.0271. The Morgan fingerprint density at radius 3 is 2.33 bits per heavy atom. The van der Waals surface area contributed by atoms with Crippen LogP contribution in [0.15, 0.2) is 24.3 Å². The lowest BCUT2D eigenvalue weighted by Crippen LogP contribution is -2.37. The molecule has 2 unspecified atom stereocenters. The summed E-state index contributed by atoms with van der Waals surface area (Å²) in [5.41, 5.74) is 0.539. The van der Waals surface area contributed by atoms with Crippen LogP contribution in [0, 0.1) is 11.7 Å². The smallest absolute Gasteiger partial charge is 0.236 e. The number of hydrogen-bond donors (Lipinski definition) is 0. The molecule has 0 spiro atoms. The molecule has 0 heterocycles. The van der Waals surface area contributed by atoms with Crippen LogP contribution in [-0.4, -0.2) is 22.7 Å². The molecule has 4 heteroatoms. The fraction of sp³-hybridized carbons (Fsp3) is 0.500. The van der Waals surface area contributed by atoms with Crippen LogP contribution >= 0.6 is 15.9 Å². The molecule has 2 nitrogen and oxygen atoms in total. The lowest BCUT2D eigenvalue weighted by atomic mass is 10.0. The largest absolute Gasteiger partial charge is 0.338 e. The summed E-state index contributed by atoms with van der Waals surface area (Å²) in [5, 5.41) is 0. The zero-order valence-corrected chi connectivity index (χ0v) is 12.7. The zero-order valence-electron chi connectivity index (χ0n) is 11.2. The summed E-state index contributed by atoms with van der Waals surface area (Å²) >= 11 is 3.38. The molecule has 0 radical (unpaired) electrons. The molecule has 0 aliphatic rings. The first-order valence-electron chi connectivity index (χ1n) is 6.01. The Morgan fingerprint density at radius 2 is 1.83 bits per heavy atom. The highest BCUT2D eigenvalue weighted by atomic mass is 79.9. The molecular formula is C14H19BrFNO. The van der Waals surface area contributed by atoms with Gasteiger partial charge in [0, 0.05) is 12.6 Å². The van der Waals surface area contributed by atoms with Gasteiger partial charge in [0.05, 0.1) is 10.9 Å². The molecule has 0 saturated heterocycles. The maximum Gasteiger partial charge on any atom is 0.236 e. The molecule has 100 valence electrons. The average molecular weight is 316 g/mol. The Balaban J connectivity index is 2.88. The number of hydrogen-bond acceptors (Lipinski definition) is 1. The monoisotopic (exact) mass is 315 g/mol. The van der Waals surface area contributed by atoms with E-state index in [-0.39, 0.29) is 28.5 Å².